The molecule has 0 aromatic carbocycles. The maximum absolute atomic E-state index is 9.05. The molecule has 0 unspecified atom stereocenters. The smallest absolute Gasteiger partial charge is 0.537 e. The van der Waals surface area contributed by atoms with E-state index in [9.17, 15) is 0 Å². The number of hydrogen-bond acceptors (Lipinski definition) is 4. The first-order valence-electron chi connectivity index (χ1n) is 4.49. The first kappa shape index (κ1) is 13.2. The molecule has 0 spiro atoms. The molecule has 1 aliphatic heterocycles. The Morgan fingerprint density at radius 3 is 1.93 bits per heavy atom. The highest BCUT2D eigenvalue weighted by Crippen LogP contribution is 2.12. The van der Waals surface area contributed by atoms with E-state index >= 15 is 0 Å². The molecule has 0 atom stereocenters. The predicted octanol–water partition coefficient (Wildman–Crippen LogP) is 0.135. The maximum Gasteiger partial charge on any atom is 0.537 e. The number of rotatable bonds is 1. The number of piperidine rings is 1. The van der Waals surface area contributed by atoms with Gasteiger partial charge in [0.05, 0.1) is 27.2 Å². The van der Waals surface area contributed by atoms with Gasteiger partial charge in [0.1, 0.15) is 0 Å². The van der Waals surface area contributed by atoms with Crippen LogP contribution in [0.4, 0.5) is 4.79 Å². The molecule has 0 aliphatic carbocycles. The fraction of sp³-hybridized carbons (Fsp3) is 0.875. The molecular formula is C8H17NO5. The monoisotopic (exact) mass is 207 g/mol. The van der Waals surface area contributed by atoms with Crippen molar-refractivity contribution in [3.8, 4) is 0 Å². The van der Waals surface area contributed by atoms with E-state index in [1.165, 1.54) is 36.8 Å². The van der Waals surface area contributed by atoms with E-state index < -0.39 is 6.16 Å². The van der Waals surface area contributed by atoms with Gasteiger partial charge in [0, 0.05) is 0 Å². The maximum atomic E-state index is 9.05. The van der Waals surface area contributed by atoms with Gasteiger partial charge in [-0.15, -0.1) is 0 Å². The van der Waals surface area contributed by atoms with E-state index in [0.717, 1.165) is 0 Å². The molecule has 84 valence electrons. The second kappa shape index (κ2) is 6.58. The van der Waals surface area contributed by atoms with Gasteiger partial charge in [-0.1, -0.05) is 0 Å². The molecule has 0 aromatic rings. The van der Waals surface area contributed by atoms with Crippen molar-refractivity contribution in [2.45, 2.75) is 19.3 Å². The Kier molecular flexibility index (Phi) is 6.18. The number of carbonyl (C=O) groups is 1. The van der Waals surface area contributed by atoms with E-state index in [2.05, 4.69) is 24.0 Å². The van der Waals surface area contributed by atoms with Crippen molar-refractivity contribution >= 4 is 6.16 Å². The van der Waals surface area contributed by atoms with Crippen LogP contribution >= 0.6 is 0 Å². The van der Waals surface area contributed by atoms with Crippen molar-refractivity contribution in [1.29, 1.82) is 0 Å². The topological polar surface area (TPSA) is 78.8 Å². The standard InChI is InChI=1S/C7H16N.CH2O5/c1-8(2)6-4-3-5-7-8;2-1(3)5-6-4/h3-7H2,1-2H3;4H,(H,2,3)/q+1;/p-1. The van der Waals surface area contributed by atoms with Crippen LogP contribution in [0.5, 0.6) is 0 Å². The summed E-state index contributed by atoms with van der Waals surface area (Å²) in [5, 5.41) is 18.5. The molecule has 0 radical (unpaired) electrons. The highest BCUT2D eigenvalue weighted by molar-refractivity contribution is 5.55. The zero-order chi connectivity index (χ0) is 11.0. The highest BCUT2D eigenvalue weighted by atomic mass is 17.5. The third kappa shape index (κ3) is 7.78. The largest absolute Gasteiger partial charge is 0.681 e. The molecule has 1 heterocycles. The van der Waals surface area contributed by atoms with Crippen LogP contribution in [0.15, 0.2) is 0 Å². The fourth-order valence-corrected chi connectivity index (χ4v) is 1.40. The van der Waals surface area contributed by atoms with Gasteiger partial charge < -0.3 is 14.8 Å². The van der Waals surface area contributed by atoms with Gasteiger partial charge in [0.2, 0.25) is 0 Å². The summed E-state index contributed by atoms with van der Waals surface area (Å²) in [5.41, 5.74) is 0. The highest BCUT2D eigenvalue weighted by Gasteiger charge is 2.17. The molecule has 1 rings (SSSR count). The SMILES string of the molecule is C[N+]1(C)CCCCC1.O=C(O)OO[O-]. The minimum Gasteiger partial charge on any atom is -0.681 e. The Bertz CT molecular complexity index is 163. The summed E-state index contributed by atoms with van der Waals surface area (Å²) in [6, 6.07) is 0. The zero-order valence-electron chi connectivity index (χ0n) is 8.56. The van der Waals surface area contributed by atoms with Gasteiger partial charge >= 0.3 is 6.16 Å². The number of quaternary nitrogens is 1. The van der Waals surface area contributed by atoms with Crippen molar-refractivity contribution in [3.05, 3.63) is 0 Å². The molecule has 1 saturated heterocycles. The summed E-state index contributed by atoms with van der Waals surface area (Å²) in [4.78, 5) is 12.0. The summed E-state index contributed by atoms with van der Waals surface area (Å²) in [6.07, 6.45) is 2.59. The van der Waals surface area contributed by atoms with Crippen LogP contribution in [0.2, 0.25) is 0 Å². The van der Waals surface area contributed by atoms with Gasteiger partial charge in [-0.25, -0.2) is 9.83 Å². The average molecular weight is 207 g/mol. The summed E-state index contributed by atoms with van der Waals surface area (Å²) >= 11 is 0. The minimum atomic E-state index is -1.75. The van der Waals surface area contributed by atoms with Crippen molar-refractivity contribution in [2.75, 3.05) is 27.2 Å². The summed E-state index contributed by atoms with van der Waals surface area (Å²) in [7, 11) is 4.64. The molecule has 0 saturated carbocycles. The summed E-state index contributed by atoms with van der Waals surface area (Å²) in [6.45, 7) is 2.78. The van der Waals surface area contributed by atoms with Crippen molar-refractivity contribution in [1.82, 2.24) is 0 Å². The molecule has 1 aliphatic rings. The molecule has 14 heavy (non-hydrogen) atoms. The van der Waals surface area contributed by atoms with Crippen molar-refractivity contribution in [2.24, 2.45) is 0 Å². The minimum absolute atomic E-state index is 1.25. The van der Waals surface area contributed by atoms with E-state index in [1.807, 2.05) is 0 Å². The Balaban J connectivity index is 0.000000255. The number of hydrogen-bond donors (Lipinski definition) is 1. The van der Waals surface area contributed by atoms with Crippen molar-refractivity contribution < 1.29 is 29.6 Å². The Hall–Kier alpha value is -0.850. The number of carboxylic acid groups (broad SMARTS) is 1. The molecule has 1 N–H and O–H groups in total. The summed E-state index contributed by atoms with van der Waals surface area (Å²) in [5.74, 6) is 0. The second-order valence-corrected chi connectivity index (χ2v) is 3.86. The fourth-order valence-electron chi connectivity index (χ4n) is 1.40. The van der Waals surface area contributed by atoms with Gasteiger partial charge in [-0.3, -0.25) is 4.89 Å². The molecule has 0 amide bonds. The third-order valence-corrected chi connectivity index (χ3v) is 2.13. The van der Waals surface area contributed by atoms with E-state index in [0.29, 0.717) is 0 Å². The van der Waals surface area contributed by atoms with Crippen LogP contribution in [-0.2, 0) is 9.93 Å². The normalized spacial score (nSPS) is 19.1. The lowest BCUT2D eigenvalue weighted by molar-refractivity contribution is -0.894. The Labute approximate surface area is 83.1 Å². The van der Waals surface area contributed by atoms with Gasteiger partial charge in [-0.05, 0) is 19.3 Å². The van der Waals surface area contributed by atoms with Crippen molar-refractivity contribution in [3.63, 3.8) is 0 Å². The molecular weight excluding hydrogens is 190 g/mol. The van der Waals surface area contributed by atoms with Crippen LogP contribution in [0.3, 0.4) is 0 Å². The Morgan fingerprint density at radius 2 is 1.79 bits per heavy atom. The van der Waals surface area contributed by atoms with E-state index in [-0.39, 0.29) is 0 Å². The van der Waals surface area contributed by atoms with Crippen LogP contribution in [0.1, 0.15) is 19.3 Å². The quantitative estimate of drug-likeness (QED) is 0.376. The first-order valence-corrected chi connectivity index (χ1v) is 4.49. The second-order valence-electron chi connectivity index (χ2n) is 3.86. The van der Waals surface area contributed by atoms with Crippen LogP contribution in [-0.4, -0.2) is 42.9 Å². The first-order chi connectivity index (χ1) is 6.48. The van der Waals surface area contributed by atoms with Crippen LogP contribution < -0.4 is 5.26 Å². The molecule has 0 aromatic heterocycles. The van der Waals surface area contributed by atoms with Gasteiger partial charge in [0.15, 0.2) is 0 Å². The Morgan fingerprint density at radius 1 is 1.29 bits per heavy atom. The van der Waals surface area contributed by atoms with Gasteiger partial charge in [0.25, 0.3) is 0 Å². The molecule has 6 heteroatoms. The number of likely N-dealkylation sites (tertiary alicyclic amines) is 1. The average Bonchev–Trinajstić information content (AvgIpc) is 2.04. The van der Waals surface area contributed by atoms with E-state index in [4.69, 9.17) is 15.2 Å². The lowest BCUT2D eigenvalue weighted by Gasteiger charge is -2.33. The molecule has 0 bridgehead atoms. The lowest BCUT2D eigenvalue weighted by atomic mass is 10.1. The van der Waals surface area contributed by atoms with Gasteiger partial charge in [-0.2, -0.15) is 0 Å². The number of nitrogens with zero attached hydrogens (tertiary/aromatic N) is 1. The van der Waals surface area contributed by atoms with Crippen LogP contribution in [0, 0.1) is 0 Å². The third-order valence-electron chi connectivity index (χ3n) is 2.13. The van der Waals surface area contributed by atoms with E-state index in [1.54, 1.807) is 0 Å². The lowest BCUT2D eigenvalue weighted by Crippen LogP contribution is -2.43. The predicted molar refractivity (Wildman–Crippen MR) is 45.9 cm³/mol. The summed E-state index contributed by atoms with van der Waals surface area (Å²) < 4.78 is 1.25. The molecule has 6 nitrogen and oxygen atoms in total. The van der Waals surface area contributed by atoms with Crippen LogP contribution in [0.25, 0.3) is 0 Å². The zero-order valence-corrected chi connectivity index (χ0v) is 8.56. The molecule has 1 fully saturated rings.